The molecule has 0 bridgehead atoms. The third-order valence-corrected chi connectivity index (χ3v) is 16.7. The molecule has 0 aliphatic carbocycles. The van der Waals surface area contributed by atoms with Crippen LogP contribution in [0.25, 0.3) is 89.5 Å². The Morgan fingerprint density at radius 3 is 0.902 bits per heavy atom. The van der Waals surface area contributed by atoms with E-state index < -0.39 is 13.7 Å². The Labute approximate surface area is 564 Å². The van der Waals surface area contributed by atoms with Gasteiger partial charge in [0.15, 0.2) is 24.8 Å². The minimum absolute atomic E-state index is 0. The van der Waals surface area contributed by atoms with Crippen molar-refractivity contribution in [3.8, 4) is 89.5 Å². The first-order valence-corrected chi connectivity index (χ1v) is 30.3. The third-order valence-electron chi connectivity index (χ3n) is 16.7. The van der Waals surface area contributed by atoms with Gasteiger partial charge in [0.2, 0.25) is 22.8 Å². The van der Waals surface area contributed by atoms with Crippen LogP contribution in [-0.2, 0) is 28.2 Å². The van der Waals surface area contributed by atoms with Crippen molar-refractivity contribution < 1.29 is 26.5 Å². The van der Waals surface area contributed by atoms with Crippen LogP contribution in [-0.4, -0.2) is 0 Å². The summed E-state index contributed by atoms with van der Waals surface area (Å²) < 4.78 is 53.9. The van der Waals surface area contributed by atoms with Gasteiger partial charge in [-0.05, 0) is 208 Å². The maximum atomic E-state index is 7.67. The quantitative estimate of drug-likeness (QED) is 0.135. The maximum absolute atomic E-state index is 7.67. The van der Waals surface area contributed by atoms with Crippen molar-refractivity contribution in [3.05, 3.63) is 310 Å². The van der Waals surface area contributed by atoms with Gasteiger partial charge in [0.25, 0.3) is 0 Å². The van der Waals surface area contributed by atoms with E-state index in [4.69, 9.17) is 8.22 Å². The fourth-order valence-electron chi connectivity index (χ4n) is 11.6. The lowest BCUT2D eigenvalue weighted by molar-refractivity contribution is -0.660. The van der Waals surface area contributed by atoms with E-state index in [2.05, 4.69) is 262 Å². The average molecular weight is 1220 g/mol. The Kier molecular flexibility index (Phi) is 22.9. The Bertz CT molecular complexity index is 4650. The van der Waals surface area contributed by atoms with E-state index in [0.717, 1.165) is 33.6 Å². The summed E-state index contributed by atoms with van der Waals surface area (Å²) in [5.41, 5.74) is 32.3. The molecular weight excluding hydrogens is 1110 g/mol. The minimum Gasteiger partial charge on any atom is -0.201 e. The first kappa shape index (κ1) is 63.9. The number of pyridine rings is 4. The first-order valence-electron chi connectivity index (χ1n) is 33.3. The van der Waals surface area contributed by atoms with Crippen LogP contribution in [0, 0.1) is 82.9 Å². The van der Waals surface area contributed by atoms with Crippen LogP contribution in [0.2, 0.25) is 0 Å². The van der Waals surface area contributed by atoms with Crippen LogP contribution in [0.5, 0.6) is 0 Å². The Balaban J connectivity index is 0.000000233. The molecule has 4 heterocycles. The van der Waals surface area contributed by atoms with E-state index in [0.29, 0.717) is 11.1 Å². The van der Waals surface area contributed by atoms with E-state index in [1.165, 1.54) is 112 Å². The zero-order valence-electron chi connectivity index (χ0n) is 59.9. The molecule has 12 aromatic rings. The predicted molar refractivity (Wildman–Crippen MR) is 398 cm³/mol. The molecule has 0 unspecified atom stereocenters. The summed E-state index contributed by atoms with van der Waals surface area (Å²) in [6.45, 7) is 17.0. The summed E-state index contributed by atoms with van der Waals surface area (Å²) >= 11 is 0. The average Bonchev–Trinajstić information content (AvgIpc) is 0.807. The number of nitrogens with zero attached hydrogens (tertiary/aromatic N) is 4. The SMILES string of the molecule is C.C.C.C.Cc1cc(-c2ccc(-c3ccccc3)cc2C)[n+](C)cc1C.Cc1ccc(-c2cc(C)c(-c3ccccc3)cc2C)[n+](C)c1.[2H]C([2H])([2H])c1c[n+](C)c(-c2ccc(-c3ccccc3)cc2C)cc1C.[2H]C([2H])([2H])c1ccc(-c2cc(C)c(-c3ccccc3)cc2C)[n+](C)c1. The molecule has 12 rings (SSSR count). The number of rotatable bonds is 8. The molecule has 0 spiro atoms. The zero-order chi connectivity index (χ0) is 67.8. The van der Waals surface area contributed by atoms with E-state index in [9.17, 15) is 0 Å². The predicted octanol–water partition coefficient (Wildman–Crippen LogP) is 21.6. The smallest absolute Gasteiger partial charge is 0.201 e. The lowest BCUT2D eigenvalue weighted by Gasteiger charge is -2.12. The van der Waals surface area contributed by atoms with Gasteiger partial charge in [-0.15, -0.1) is 0 Å². The number of aromatic nitrogens is 4. The van der Waals surface area contributed by atoms with Gasteiger partial charge in [0.05, 0.1) is 0 Å². The molecule has 8 aromatic carbocycles. The number of hydrogen-bond acceptors (Lipinski definition) is 0. The van der Waals surface area contributed by atoms with E-state index in [-0.39, 0.29) is 29.7 Å². The molecule has 0 atom stereocenters. The second-order valence-electron chi connectivity index (χ2n) is 23.6. The molecule has 0 amide bonds. The standard InChI is InChI=1S/4C21H22N.4CH4/c2*1-15-13-21(22(4)14-17(15)3)20-11-10-19(12-16(20)2)18-8-6-5-7-9-18;2*1-15-10-11-21(22(4)14-15)20-13-16(2)19(12-17(20)3)18-8-6-5-7-9-18;;;;/h4*5-14H,1-4H3;4*1H4/q4*+1;;;;/i3D3;;1D3;;;;;. The van der Waals surface area contributed by atoms with E-state index in [1.54, 1.807) is 18.5 Å². The van der Waals surface area contributed by atoms with Gasteiger partial charge < -0.3 is 0 Å². The summed E-state index contributed by atoms with van der Waals surface area (Å²) in [6.07, 6.45) is 7.80. The fourth-order valence-corrected chi connectivity index (χ4v) is 11.6. The van der Waals surface area contributed by atoms with Gasteiger partial charge in [0, 0.05) is 77.0 Å². The van der Waals surface area contributed by atoms with E-state index >= 15 is 0 Å². The van der Waals surface area contributed by atoms with Crippen molar-refractivity contribution >= 4 is 0 Å². The van der Waals surface area contributed by atoms with Crippen LogP contribution in [0.15, 0.2) is 243 Å². The highest BCUT2D eigenvalue weighted by atomic mass is 14.9. The van der Waals surface area contributed by atoms with E-state index in [1.807, 2.05) is 78.7 Å². The molecular formula is C88H104N4+4. The molecule has 0 aliphatic heterocycles. The molecule has 4 aromatic heterocycles. The van der Waals surface area contributed by atoms with Gasteiger partial charge in [0.1, 0.15) is 28.2 Å². The number of hydrogen-bond donors (Lipinski definition) is 0. The summed E-state index contributed by atoms with van der Waals surface area (Å²) in [7, 11) is 8.02. The molecule has 0 saturated carbocycles. The Morgan fingerprint density at radius 1 is 0.217 bits per heavy atom. The van der Waals surface area contributed by atoms with Crippen LogP contribution < -0.4 is 18.3 Å². The first-order chi connectivity index (χ1) is 44.7. The molecule has 0 aliphatic rings. The van der Waals surface area contributed by atoms with Crippen molar-refractivity contribution in [1.29, 1.82) is 0 Å². The summed E-state index contributed by atoms with van der Waals surface area (Å²) in [6, 6.07) is 76.1. The molecule has 472 valence electrons. The summed E-state index contributed by atoms with van der Waals surface area (Å²) in [5.74, 6) is 0. The molecule has 4 nitrogen and oxygen atoms in total. The Morgan fingerprint density at radius 2 is 0.533 bits per heavy atom. The highest BCUT2D eigenvalue weighted by Gasteiger charge is 2.19. The van der Waals surface area contributed by atoms with Crippen LogP contribution in [0.1, 0.15) is 105 Å². The second-order valence-corrected chi connectivity index (χ2v) is 23.6. The zero-order valence-corrected chi connectivity index (χ0v) is 53.9. The largest absolute Gasteiger partial charge is 0.212 e. The molecule has 0 saturated heterocycles. The van der Waals surface area contributed by atoms with Gasteiger partial charge in [-0.1, -0.05) is 187 Å². The van der Waals surface area contributed by atoms with Crippen molar-refractivity contribution in [2.75, 3.05) is 0 Å². The fraction of sp³-hybridized carbons (Fsp3) is 0.227. The topological polar surface area (TPSA) is 15.5 Å². The lowest BCUT2D eigenvalue weighted by Crippen LogP contribution is -2.31. The van der Waals surface area contributed by atoms with Gasteiger partial charge >= 0.3 is 0 Å². The molecule has 92 heavy (non-hydrogen) atoms. The van der Waals surface area contributed by atoms with Crippen molar-refractivity contribution in [2.45, 2.75) is 113 Å². The number of benzene rings is 8. The molecule has 0 radical (unpaired) electrons. The van der Waals surface area contributed by atoms with Gasteiger partial charge in [-0.2, -0.15) is 0 Å². The number of aryl methyl sites for hydroxylation is 16. The molecule has 0 N–H and O–H groups in total. The summed E-state index contributed by atoms with van der Waals surface area (Å²) in [4.78, 5) is 0. The highest BCUT2D eigenvalue weighted by Crippen LogP contribution is 2.34. The highest BCUT2D eigenvalue weighted by molar-refractivity contribution is 5.77. The van der Waals surface area contributed by atoms with Crippen molar-refractivity contribution in [3.63, 3.8) is 0 Å². The van der Waals surface area contributed by atoms with Crippen LogP contribution in [0.3, 0.4) is 0 Å². The molecule has 4 heteroatoms. The second kappa shape index (κ2) is 32.9. The summed E-state index contributed by atoms with van der Waals surface area (Å²) in [5, 5.41) is 0. The van der Waals surface area contributed by atoms with Crippen molar-refractivity contribution in [1.82, 2.24) is 0 Å². The van der Waals surface area contributed by atoms with Crippen LogP contribution in [0.4, 0.5) is 0 Å². The lowest BCUT2D eigenvalue weighted by atomic mass is 9.93. The van der Waals surface area contributed by atoms with Crippen LogP contribution >= 0.6 is 0 Å². The third kappa shape index (κ3) is 17.4. The monoisotopic (exact) mass is 1220 g/mol. The minimum atomic E-state index is -2.09. The van der Waals surface area contributed by atoms with Gasteiger partial charge in [-0.25, -0.2) is 18.3 Å². The Hall–Kier alpha value is -9.64. The van der Waals surface area contributed by atoms with Crippen molar-refractivity contribution in [2.24, 2.45) is 28.2 Å². The normalized spacial score (nSPS) is 11.5. The maximum Gasteiger partial charge on any atom is 0.212 e. The molecule has 0 fully saturated rings. The van der Waals surface area contributed by atoms with Gasteiger partial charge in [-0.3, -0.25) is 0 Å².